The van der Waals surface area contributed by atoms with Gasteiger partial charge in [0.15, 0.2) is 0 Å². The summed E-state index contributed by atoms with van der Waals surface area (Å²) in [4.78, 5) is 0. The number of benzene rings is 10. The molecule has 0 fully saturated rings. The molecule has 1 nitrogen and oxygen atoms in total. The highest BCUT2D eigenvalue weighted by Crippen LogP contribution is 2.62. The summed E-state index contributed by atoms with van der Waals surface area (Å²) in [6.07, 6.45) is 0. The molecule has 1 aromatic heterocycles. The molecule has 0 atom stereocenters. The number of para-hydroxylation sites is 1. The molecule has 0 saturated carbocycles. The van der Waals surface area contributed by atoms with E-state index in [1.54, 1.807) is 0 Å². The molecule has 0 spiro atoms. The molecule has 0 saturated heterocycles. The van der Waals surface area contributed by atoms with Crippen molar-refractivity contribution in [3.8, 4) is 33.4 Å². The Labute approximate surface area is 354 Å². The predicted octanol–water partition coefficient (Wildman–Crippen LogP) is 15.1. The van der Waals surface area contributed by atoms with E-state index in [9.17, 15) is 0 Å². The predicted molar refractivity (Wildman–Crippen MR) is 251 cm³/mol. The molecule has 0 amide bonds. The second-order valence-electron chi connectivity index (χ2n) is 16.7. The first-order valence-corrected chi connectivity index (χ1v) is 21.3. The molecule has 0 bridgehead atoms. The first-order valence-electron chi connectivity index (χ1n) is 21.3. The molecule has 10 aromatic carbocycles. The topological polar surface area (TPSA) is 13.1 Å². The fourth-order valence-corrected chi connectivity index (χ4v) is 11.4. The number of hydrogen-bond acceptors (Lipinski definition) is 1. The zero-order valence-electron chi connectivity index (χ0n) is 33.3. The van der Waals surface area contributed by atoms with Gasteiger partial charge in [-0.05, 0) is 113 Å². The third-order valence-electron chi connectivity index (χ3n) is 13.8. The molecule has 2 aliphatic carbocycles. The lowest BCUT2D eigenvalue weighted by Crippen LogP contribution is -2.36. The molecule has 0 unspecified atom stereocenters. The van der Waals surface area contributed by atoms with E-state index in [0.717, 1.165) is 21.9 Å². The van der Waals surface area contributed by atoms with Gasteiger partial charge < -0.3 is 4.42 Å². The van der Waals surface area contributed by atoms with Crippen LogP contribution in [-0.2, 0) is 10.8 Å². The van der Waals surface area contributed by atoms with Crippen molar-refractivity contribution in [2.45, 2.75) is 10.8 Å². The molecule has 11 aromatic rings. The van der Waals surface area contributed by atoms with E-state index < -0.39 is 10.8 Å². The molecule has 13 rings (SSSR count). The third-order valence-corrected chi connectivity index (χ3v) is 13.8. The number of furan rings is 1. The normalized spacial score (nSPS) is 14.2. The summed E-state index contributed by atoms with van der Waals surface area (Å²) >= 11 is 0. The summed E-state index contributed by atoms with van der Waals surface area (Å²) < 4.78 is 6.28. The van der Waals surface area contributed by atoms with Crippen LogP contribution in [0, 0.1) is 0 Å². The lowest BCUT2D eigenvalue weighted by molar-refractivity contribution is 0.669. The minimum atomic E-state index is -0.607. The Hall–Kier alpha value is -7.74. The molecule has 1 heteroatoms. The smallest absolute Gasteiger partial charge is 0.135 e. The van der Waals surface area contributed by atoms with Gasteiger partial charge in [-0.25, -0.2) is 0 Å². The maximum absolute atomic E-state index is 6.28. The summed E-state index contributed by atoms with van der Waals surface area (Å²) in [6, 6.07) is 85.8. The van der Waals surface area contributed by atoms with Gasteiger partial charge in [-0.1, -0.05) is 206 Å². The molecule has 1 heterocycles. The zero-order chi connectivity index (χ0) is 40.1. The summed E-state index contributed by atoms with van der Waals surface area (Å²) in [5.41, 5.74) is 18.3. The van der Waals surface area contributed by atoms with E-state index in [1.165, 1.54) is 88.7 Å². The highest BCUT2D eigenvalue weighted by molar-refractivity contribution is 6.15. The van der Waals surface area contributed by atoms with Crippen LogP contribution in [0.25, 0.3) is 66.1 Å². The van der Waals surface area contributed by atoms with Gasteiger partial charge in [-0.2, -0.15) is 0 Å². The highest BCUT2D eigenvalue weighted by Gasteiger charge is 2.49. The molecule has 0 radical (unpaired) electrons. The zero-order valence-corrected chi connectivity index (χ0v) is 33.3. The van der Waals surface area contributed by atoms with Crippen molar-refractivity contribution in [1.29, 1.82) is 0 Å². The third kappa shape index (κ3) is 4.55. The maximum atomic E-state index is 6.28. The fourth-order valence-electron chi connectivity index (χ4n) is 11.4. The van der Waals surface area contributed by atoms with Crippen LogP contribution < -0.4 is 0 Å². The van der Waals surface area contributed by atoms with E-state index in [4.69, 9.17) is 4.42 Å². The van der Waals surface area contributed by atoms with Gasteiger partial charge >= 0.3 is 0 Å². The second-order valence-corrected chi connectivity index (χ2v) is 16.7. The van der Waals surface area contributed by atoms with Gasteiger partial charge in [-0.3, -0.25) is 0 Å². The van der Waals surface area contributed by atoms with Crippen LogP contribution in [0.4, 0.5) is 0 Å². The van der Waals surface area contributed by atoms with Crippen molar-refractivity contribution in [1.82, 2.24) is 0 Å². The SMILES string of the molecule is c1ccc(C2(c3ccccc3)c3ccccc3-c3ccc4c5c(ccc2c35)C(c2ccccc2)(c2ccccc2)c2ccc(-c3ccc5oc6ccccc6c5c3)cc2-4)cc1. The molecule has 284 valence electrons. The lowest BCUT2D eigenvalue weighted by atomic mass is 9.55. The first-order chi connectivity index (χ1) is 30.3. The summed E-state index contributed by atoms with van der Waals surface area (Å²) in [5.74, 6) is 0. The van der Waals surface area contributed by atoms with E-state index >= 15 is 0 Å². The minimum Gasteiger partial charge on any atom is -0.456 e. The summed E-state index contributed by atoms with van der Waals surface area (Å²) in [6.45, 7) is 0. The van der Waals surface area contributed by atoms with Gasteiger partial charge in [0.1, 0.15) is 11.2 Å². The van der Waals surface area contributed by atoms with Crippen LogP contribution in [0.5, 0.6) is 0 Å². The lowest BCUT2D eigenvalue weighted by Gasteiger charge is -2.46. The maximum Gasteiger partial charge on any atom is 0.135 e. The molecule has 61 heavy (non-hydrogen) atoms. The monoisotopic (exact) mass is 774 g/mol. The van der Waals surface area contributed by atoms with Crippen LogP contribution in [0.3, 0.4) is 0 Å². The van der Waals surface area contributed by atoms with Gasteiger partial charge in [0.05, 0.1) is 10.8 Å². The minimum absolute atomic E-state index is 0.559. The molecule has 0 N–H and O–H groups in total. The van der Waals surface area contributed by atoms with Crippen LogP contribution >= 0.6 is 0 Å². The van der Waals surface area contributed by atoms with Crippen LogP contribution in [-0.4, -0.2) is 0 Å². The van der Waals surface area contributed by atoms with Gasteiger partial charge in [0.2, 0.25) is 0 Å². The molecular weight excluding hydrogens is 737 g/mol. The van der Waals surface area contributed by atoms with Crippen LogP contribution in [0.2, 0.25) is 0 Å². The van der Waals surface area contributed by atoms with E-state index in [-0.39, 0.29) is 0 Å². The highest BCUT2D eigenvalue weighted by atomic mass is 16.3. The van der Waals surface area contributed by atoms with E-state index in [0.29, 0.717) is 0 Å². The molecule has 0 aliphatic heterocycles. The Balaban J connectivity index is 1.20. The number of rotatable bonds is 5. The number of fused-ring (bicyclic) bond motifs is 7. The van der Waals surface area contributed by atoms with E-state index in [2.05, 4.69) is 224 Å². The summed E-state index contributed by atoms with van der Waals surface area (Å²) in [5, 5.41) is 4.90. The van der Waals surface area contributed by atoms with Crippen molar-refractivity contribution >= 4 is 32.7 Å². The standard InChI is InChI=1S/C60H38O/c1-5-17-41(18-6-1)59(42-19-7-2-8-20-42)51-27-15-13-25-45(51)47-31-32-48-49-37-39(40-30-36-56-50(38-40)46-26-14-16-28-55(46)61-56)29-33-52(49)60(43-21-9-3-10-22-43,44-23-11-4-12-24-44)54-35-34-53(59)57(47)58(48)54/h1-38H. The number of hydrogen-bond donors (Lipinski definition) is 0. The van der Waals surface area contributed by atoms with Gasteiger partial charge in [0.25, 0.3) is 0 Å². The van der Waals surface area contributed by atoms with E-state index in [1.807, 2.05) is 6.07 Å². The van der Waals surface area contributed by atoms with Crippen molar-refractivity contribution in [2.24, 2.45) is 0 Å². The largest absolute Gasteiger partial charge is 0.456 e. The average Bonchev–Trinajstić information content (AvgIpc) is 3.72. The second kappa shape index (κ2) is 12.9. The van der Waals surface area contributed by atoms with Crippen molar-refractivity contribution < 1.29 is 4.42 Å². The Morgan fingerprint density at radius 1 is 0.262 bits per heavy atom. The summed E-state index contributed by atoms with van der Waals surface area (Å²) in [7, 11) is 0. The van der Waals surface area contributed by atoms with Crippen molar-refractivity contribution in [3.63, 3.8) is 0 Å². The Kier molecular flexibility index (Phi) is 7.21. The van der Waals surface area contributed by atoms with Gasteiger partial charge in [0, 0.05) is 10.8 Å². The fraction of sp³-hybridized carbons (Fsp3) is 0.0333. The molecular formula is C60H38O. The van der Waals surface area contributed by atoms with Gasteiger partial charge in [-0.15, -0.1) is 0 Å². The Morgan fingerprint density at radius 3 is 1.28 bits per heavy atom. The first kappa shape index (κ1) is 34.2. The van der Waals surface area contributed by atoms with Crippen molar-refractivity contribution in [3.05, 3.63) is 275 Å². The Morgan fingerprint density at radius 2 is 0.689 bits per heavy atom. The van der Waals surface area contributed by atoms with Crippen LogP contribution in [0.1, 0.15) is 44.5 Å². The van der Waals surface area contributed by atoms with Crippen molar-refractivity contribution in [2.75, 3.05) is 0 Å². The quantitative estimate of drug-likeness (QED) is 0.170. The average molecular weight is 775 g/mol. The van der Waals surface area contributed by atoms with Crippen LogP contribution in [0.15, 0.2) is 235 Å². The molecule has 2 aliphatic rings. The Bertz CT molecular complexity index is 3430.